The standard InChI is InChI=1S/C11H17NO2.ClH/c1-2-14-11-6-4-3-5-10(11)9-12-7-8-13;/h3-6,12-13H,2,7-9H2,1H3;1H. The van der Waals surface area contributed by atoms with Crippen molar-refractivity contribution in [2.24, 2.45) is 0 Å². The van der Waals surface area contributed by atoms with Crippen LogP contribution >= 0.6 is 12.4 Å². The quantitative estimate of drug-likeness (QED) is 0.731. The van der Waals surface area contributed by atoms with E-state index in [0.717, 1.165) is 17.9 Å². The molecule has 0 aliphatic rings. The monoisotopic (exact) mass is 231 g/mol. The van der Waals surface area contributed by atoms with Crippen LogP contribution in [0, 0.1) is 0 Å². The van der Waals surface area contributed by atoms with E-state index >= 15 is 0 Å². The first-order valence-corrected chi connectivity index (χ1v) is 4.90. The summed E-state index contributed by atoms with van der Waals surface area (Å²) in [5.41, 5.74) is 1.13. The normalized spacial score (nSPS) is 9.47. The molecule has 0 radical (unpaired) electrons. The zero-order chi connectivity index (χ0) is 10.2. The van der Waals surface area contributed by atoms with Crippen LogP contribution in [0.15, 0.2) is 24.3 Å². The molecular formula is C11H18ClNO2. The summed E-state index contributed by atoms with van der Waals surface area (Å²) in [6, 6.07) is 7.92. The highest BCUT2D eigenvalue weighted by Crippen LogP contribution is 2.17. The van der Waals surface area contributed by atoms with Crippen LogP contribution in [0.1, 0.15) is 12.5 Å². The first kappa shape index (κ1) is 14.2. The van der Waals surface area contributed by atoms with E-state index in [1.165, 1.54) is 0 Å². The molecule has 86 valence electrons. The number of aliphatic hydroxyl groups excluding tert-OH is 1. The van der Waals surface area contributed by atoms with Crippen LogP contribution in [0.5, 0.6) is 5.75 Å². The zero-order valence-electron chi connectivity index (χ0n) is 8.90. The Labute approximate surface area is 96.9 Å². The molecule has 0 fully saturated rings. The van der Waals surface area contributed by atoms with E-state index in [4.69, 9.17) is 9.84 Å². The Morgan fingerprint density at radius 2 is 2.07 bits per heavy atom. The number of hydrogen-bond donors (Lipinski definition) is 2. The molecule has 0 atom stereocenters. The van der Waals surface area contributed by atoms with Gasteiger partial charge >= 0.3 is 0 Å². The molecule has 0 spiro atoms. The molecule has 0 amide bonds. The Morgan fingerprint density at radius 1 is 1.33 bits per heavy atom. The number of halogens is 1. The van der Waals surface area contributed by atoms with Crippen LogP contribution in [-0.4, -0.2) is 24.9 Å². The summed E-state index contributed by atoms with van der Waals surface area (Å²) >= 11 is 0. The van der Waals surface area contributed by atoms with E-state index in [1.807, 2.05) is 31.2 Å². The molecule has 0 saturated heterocycles. The Kier molecular flexibility index (Phi) is 8.09. The highest BCUT2D eigenvalue weighted by molar-refractivity contribution is 5.85. The van der Waals surface area contributed by atoms with Crippen LogP contribution in [0.2, 0.25) is 0 Å². The Morgan fingerprint density at radius 3 is 2.73 bits per heavy atom. The molecule has 3 nitrogen and oxygen atoms in total. The molecule has 1 aromatic carbocycles. The maximum atomic E-state index is 8.62. The SMILES string of the molecule is CCOc1ccccc1CNCCO.Cl. The topological polar surface area (TPSA) is 41.5 Å². The third kappa shape index (κ3) is 5.02. The molecule has 0 unspecified atom stereocenters. The molecule has 0 bridgehead atoms. The van der Waals surface area contributed by atoms with Crippen molar-refractivity contribution >= 4 is 12.4 Å². The lowest BCUT2D eigenvalue weighted by Gasteiger charge is -2.09. The van der Waals surface area contributed by atoms with Gasteiger partial charge in [0.1, 0.15) is 5.75 Å². The number of hydrogen-bond acceptors (Lipinski definition) is 3. The third-order valence-corrected chi connectivity index (χ3v) is 1.88. The van der Waals surface area contributed by atoms with Crippen molar-refractivity contribution in [1.82, 2.24) is 5.32 Å². The molecule has 1 aromatic rings. The van der Waals surface area contributed by atoms with Gasteiger partial charge < -0.3 is 15.2 Å². The number of nitrogens with one attached hydrogen (secondary N) is 1. The third-order valence-electron chi connectivity index (χ3n) is 1.88. The molecule has 0 aliphatic carbocycles. The van der Waals surface area contributed by atoms with Gasteiger partial charge in [-0.15, -0.1) is 12.4 Å². The maximum Gasteiger partial charge on any atom is 0.123 e. The highest BCUT2D eigenvalue weighted by atomic mass is 35.5. The summed E-state index contributed by atoms with van der Waals surface area (Å²) in [7, 11) is 0. The fourth-order valence-corrected chi connectivity index (χ4v) is 1.25. The first-order valence-electron chi connectivity index (χ1n) is 4.90. The van der Waals surface area contributed by atoms with Crippen LogP contribution < -0.4 is 10.1 Å². The Bertz CT molecular complexity index is 269. The van der Waals surface area contributed by atoms with Crippen molar-refractivity contribution in [3.05, 3.63) is 29.8 Å². The van der Waals surface area contributed by atoms with E-state index < -0.39 is 0 Å². The van der Waals surface area contributed by atoms with Gasteiger partial charge in [-0.2, -0.15) is 0 Å². The van der Waals surface area contributed by atoms with E-state index in [-0.39, 0.29) is 19.0 Å². The average molecular weight is 232 g/mol. The maximum absolute atomic E-state index is 8.62. The van der Waals surface area contributed by atoms with Crippen LogP contribution in [-0.2, 0) is 6.54 Å². The summed E-state index contributed by atoms with van der Waals surface area (Å²) in [5, 5.41) is 11.7. The van der Waals surface area contributed by atoms with Crippen LogP contribution in [0.25, 0.3) is 0 Å². The fraction of sp³-hybridized carbons (Fsp3) is 0.455. The lowest BCUT2D eigenvalue weighted by molar-refractivity contribution is 0.290. The van der Waals surface area contributed by atoms with Gasteiger partial charge in [0.2, 0.25) is 0 Å². The fourth-order valence-electron chi connectivity index (χ4n) is 1.25. The second-order valence-corrected chi connectivity index (χ2v) is 2.94. The highest BCUT2D eigenvalue weighted by Gasteiger charge is 2.00. The minimum absolute atomic E-state index is 0. The van der Waals surface area contributed by atoms with Crippen LogP contribution in [0.3, 0.4) is 0 Å². The van der Waals surface area contributed by atoms with Crippen molar-refractivity contribution in [1.29, 1.82) is 0 Å². The smallest absolute Gasteiger partial charge is 0.123 e. The van der Waals surface area contributed by atoms with Crippen molar-refractivity contribution in [3.63, 3.8) is 0 Å². The number of para-hydroxylation sites is 1. The number of rotatable bonds is 6. The number of ether oxygens (including phenoxy) is 1. The Hall–Kier alpha value is -0.770. The molecule has 2 N–H and O–H groups in total. The largest absolute Gasteiger partial charge is 0.494 e. The zero-order valence-corrected chi connectivity index (χ0v) is 9.72. The average Bonchev–Trinajstić information content (AvgIpc) is 2.21. The Balaban J connectivity index is 0.00000196. The molecule has 0 saturated carbocycles. The predicted octanol–water partition coefficient (Wildman–Crippen LogP) is 1.59. The summed E-state index contributed by atoms with van der Waals surface area (Å²) < 4.78 is 5.47. The van der Waals surface area contributed by atoms with Crippen LogP contribution in [0.4, 0.5) is 0 Å². The number of aliphatic hydroxyl groups is 1. The summed E-state index contributed by atoms with van der Waals surface area (Å²) in [6.45, 7) is 4.16. The van der Waals surface area contributed by atoms with Crippen molar-refractivity contribution in [3.8, 4) is 5.75 Å². The number of benzene rings is 1. The summed E-state index contributed by atoms with van der Waals surface area (Å²) in [4.78, 5) is 0. The lowest BCUT2D eigenvalue weighted by atomic mass is 10.2. The summed E-state index contributed by atoms with van der Waals surface area (Å²) in [6.07, 6.45) is 0. The van der Waals surface area contributed by atoms with Crippen molar-refractivity contribution in [2.75, 3.05) is 19.8 Å². The van der Waals surface area contributed by atoms with Gasteiger partial charge in [0.15, 0.2) is 0 Å². The van der Waals surface area contributed by atoms with Gasteiger partial charge in [-0.1, -0.05) is 18.2 Å². The predicted molar refractivity (Wildman–Crippen MR) is 63.7 cm³/mol. The minimum atomic E-state index is 0. The second kappa shape index (κ2) is 8.53. The summed E-state index contributed by atoms with van der Waals surface area (Å²) in [5.74, 6) is 0.917. The van der Waals surface area contributed by atoms with Gasteiger partial charge in [0.25, 0.3) is 0 Å². The second-order valence-electron chi connectivity index (χ2n) is 2.94. The lowest BCUT2D eigenvalue weighted by Crippen LogP contribution is -2.17. The van der Waals surface area contributed by atoms with Gasteiger partial charge in [-0.25, -0.2) is 0 Å². The minimum Gasteiger partial charge on any atom is -0.494 e. The molecule has 0 aromatic heterocycles. The van der Waals surface area contributed by atoms with Crippen molar-refractivity contribution in [2.45, 2.75) is 13.5 Å². The van der Waals surface area contributed by atoms with Gasteiger partial charge in [-0.3, -0.25) is 0 Å². The molecule has 4 heteroatoms. The van der Waals surface area contributed by atoms with Crippen molar-refractivity contribution < 1.29 is 9.84 Å². The molecule has 0 aliphatic heterocycles. The van der Waals surface area contributed by atoms with Gasteiger partial charge in [0, 0.05) is 18.7 Å². The van der Waals surface area contributed by atoms with E-state index in [9.17, 15) is 0 Å². The van der Waals surface area contributed by atoms with E-state index in [0.29, 0.717) is 13.2 Å². The van der Waals surface area contributed by atoms with Gasteiger partial charge in [-0.05, 0) is 13.0 Å². The molecule has 0 heterocycles. The first-order chi connectivity index (χ1) is 6.88. The van der Waals surface area contributed by atoms with Gasteiger partial charge in [0.05, 0.1) is 13.2 Å². The molecule has 15 heavy (non-hydrogen) atoms. The molecular weight excluding hydrogens is 214 g/mol. The van der Waals surface area contributed by atoms with E-state index in [1.54, 1.807) is 0 Å². The molecule has 1 rings (SSSR count). The van der Waals surface area contributed by atoms with E-state index in [2.05, 4.69) is 5.32 Å².